The summed E-state index contributed by atoms with van der Waals surface area (Å²) < 4.78 is 7.19. The predicted octanol–water partition coefficient (Wildman–Crippen LogP) is 1.74. The van der Waals surface area contributed by atoms with E-state index in [9.17, 15) is 4.79 Å². The molecule has 1 aliphatic rings. The number of piperidine rings is 1. The molecular formula is C20H35N7O2. The molecule has 9 nitrogen and oxygen atoms in total. The van der Waals surface area contributed by atoms with Crippen molar-refractivity contribution in [2.75, 3.05) is 45.1 Å². The molecule has 0 atom stereocenters. The highest BCUT2D eigenvalue weighted by molar-refractivity contribution is 5.81. The molecule has 29 heavy (non-hydrogen) atoms. The van der Waals surface area contributed by atoms with Crippen LogP contribution in [0.25, 0.3) is 11.2 Å². The molecule has 4 N–H and O–H groups in total. The van der Waals surface area contributed by atoms with Crippen molar-refractivity contribution >= 4 is 17.0 Å². The van der Waals surface area contributed by atoms with E-state index in [1.807, 2.05) is 0 Å². The first-order chi connectivity index (χ1) is 14.2. The molecule has 0 saturated carbocycles. The summed E-state index contributed by atoms with van der Waals surface area (Å²) in [5.41, 5.74) is 6.76. The molecule has 3 rings (SSSR count). The van der Waals surface area contributed by atoms with Crippen molar-refractivity contribution < 1.29 is 4.74 Å². The van der Waals surface area contributed by atoms with Gasteiger partial charge < -0.3 is 25.7 Å². The summed E-state index contributed by atoms with van der Waals surface area (Å²) in [4.78, 5) is 26.2. The molecule has 0 amide bonds. The highest BCUT2D eigenvalue weighted by Crippen LogP contribution is 2.18. The summed E-state index contributed by atoms with van der Waals surface area (Å²) in [6.07, 6.45) is 8.01. The number of nitrogens with zero attached hydrogens (tertiary/aromatic N) is 4. The van der Waals surface area contributed by atoms with Crippen LogP contribution in [0.4, 0.5) is 5.82 Å². The van der Waals surface area contributed by atoms with Crippen molar-refractivity contribution in [1.29, 1.82) is 0 Å². The van der Waals surface area contributed by atoms with Crippen molar-refractivity contribution in [3.63, 3.8) is 0 Å². The Morgan fingerprint density at radius 1 is 1.10 bits per heavy atom. The number of ether oxygens (including phenoxy) is 1. The number of likely N-dealkylation sites (tertiary alicyclic amines) is 1. The van der Waals surface area contributed by atoms with Crippen LogP contribution >= 0.6 is 0 Å². The number of aromatic nitrogens is 4. The first-order valence-corrected chi connectivity index (χ1v) is 11.0. The van der Waals surface area contributed by atoms with Gasteiger partial charge in [0.25, 0.3) is 0 Å². The molecule has 2 aromatic heterocycles. The van der Waals surface area contributed by atoms with Gasteiger partial charge in [0.15, 0.2) is 11.5 Å². The minimum atomic E-state index is -0.211. The highest BCUT2D eigenvalue weighted by atomic mass is 16.5. The van der Waals surface area contributed by atoms with Crippen LogP contribution in [-0.2, 0) is 6.54 Å². The Morgan fingerprint density at radius 2 is 1.86 bits per heavy atom. The van der Waals surface area contributed by atoms with E-state index >= 15 is 0 Å². The van der Waals surface area contributed by atoms with Crippen molar-refractivity contribution in [3.8, 4) is 6.01 Å². The van der Waals surface area contributed by atoms with Crippen LogP contribution in [0.3, 0.4) is 0 Å². The molecule has 9 heteroatoms. The van der Waals surface area contributed by atoms with Crippen LogP contribution in [0.15, 0.2) is 4.79 Å². The number of hydrogen-bond acceptors (Lipinski definition) is 7. The number of anilines is 1. The van der Waals surface area contributed by atoms with Gasteiger partial charge in [0, 0.05) is 6.54 Å². The fraction of sp³-hybridized carbons (Fsp3) is 0.750. The van der Waals surface area contributed by atoms with Crippen molar-refractivity contribution in [1.82, 2.24) is 29.7 Å². The number of imidazole rings is 1. The number of nitrogens with one attached hydrogen (secondary N) is 2. The van der Waals surface area contributed by atoms with Gasteiger partial charge in [0.2, 0.25) is 0 Å². The number of unbranched alkanes of at least 4 members (excludes halogenated alkanes) is 1. The molecule has 2 aromatic rings. The van der Waals surface area contributed by atoms with Crippen LogP contribution in [-0.4, -0.2) is 63.7 Å². The summed E-state index contributed by atoms with van der Waals surface area (Å²) >= 11 is 0. The lowest BCUT2D eigenvalue weighted by Crippen LogP contribution is -2.32. The van der Waals surface area contributed by atoms with Gasteiger partial charge in [0.1, 0.15) is 5.52 Å². The summed E-state index contributed by atoms with van der Waals surface area (Å²) in [6.45, 7) is 8.74. The van der Waals surface area contributed by atoms with Gasteiger partial charge in [-0.05, 0) is 64.8 Å². The Kier molecular flexibility index (Phi) is 8.30. The largest absolute Gasteiger partial charge is 0.463 e. The van der Waals surface area contributed by atoms with Crippen molar-refractivity contribution in [2.24, 2.45) is 0 Å². The minimum Gasteiger partial charge on any atom is -0.463 e. The van der Waals surface area contributed by atoms with Crippen LogP contribution in [0.2, 0.25) is 0 Å². The second-order valence-corrected chi connectivity index (χ2v) is 7.73. The fourth-order valence-corrected chi connectivity index (χ4v) is 3.71. The first-order valence-electron chi connectivity index (χ1n) is 11.0. The van der Waals surface area contributed by atoms with Crippen LogP contribution in [0.5, 0.6) is 6.01 Å². The standard InChI is InChI=1S/C20H35N7O2/c1-2-3-15-29-19-24-17(21)16-18(25-19)27(20(28)23-16)14-8-10-22-9-7-13-26-11-5-4-6-12-26/h22H,2-15H2,1H3,(H,23,28)(H2,21,24,25). The van der Waals surface area contributed by atoms with E-state index in [0.717, 1.165) is 38.8 Å². The smallest absolute Gasteiger partial charge is 0.327 e. The normalized spacial score (nSPS) is 15.2. The lowest BCUT2D eigenvalue weighted by molar-refractivity contribution is 0.226. The Labute approximate surface area is 172 Å². The second-order valence-electron chi connectivity index (χ2n) is 7.73. The van der Waals surface area contributed by atoms with Gasteiger partial charge in [-0.1, -0.05) is 19.8 Å². The lowest BCUT2D eigenvalue weighted by Gasteiger charge is -2.26. The topological polar surface area (TPSA) is 114 Å². The maximum absolute atomic E-state index is 12.3. The molecule has 0 spiro atoms. The predicted molar refractivity (Wildman–Crippen MR) is 115 cm³/mol. The van der Waals surface area contributed by atoms with E-state index in [1.54, 1.807) is 4.57 Å². The second kappa shape index (κ2) is 11.2. The zero-order chi connectivity index (χ0) is 20.5. The number of rotatable bonds is 12. The van der Waals surface area contributed by atoms with Crippen LogP contribution < -0.4 is 21.5 Å². The number of nitrogens with two attached hydrogens (primary N) is 1. The third-order valence-electron chi connectivity index (χ3n) is 5.37. The van der Waals surface area contributed by atoms with Crippen LogP contribution in [0.1, 0.15) is 51.9 Å². The van der Waals surface area contributed by atoms with E-state index in [-0.39, 0.29) is 17.5 Å². The fourth-order valence-electron chi connectivity index (χ4n) is 3.71. The molecule has 1 aliphatic heterocycles. The monoisotopic (exact) mass is 405 g/mol. The summed E-state index contributed by atoms with van der Waals surface area (Å²) in [5, 5.41) is 3.48. The number of hydrogen-bond donors (Lipinski definition) is 3. The summed E-state index contributed by atoms with van der Waals surface area (Å²) in [7, 11) is 0. The first kappa shape index (κ1) is 21.6. The molecule has 0 aliphatic carbocycles. The molecule has 0 radical (unpaired) electrons. The van der Waals surface area contributed by atoms with Gasteiger partial charge in [0.05, 0.1) is 6.61 Å². The average molecular weight is 406 g/mol. The Morgan fingerprint density at radius 3 is 2.62 bits per heavy atom. The third-order valence-corrected chi connectivity index (χ3v) is 5.37. The summed E-state index contributed by atoms with van der Waals surface area (Å²) in [6, 6.07) is 0.229. The molecule has 162 valence electrons. The number of fused-ring (bicyclic) bond motifs is 1. The quantitative estimate of drug-likeness (QED) is 0.461. The molecule has 0 bridgehead atoms. The van der Waals surface area contributed by atoms with Gasteiger partial charge in [-0.25, -0.2) is 4.79 Å². The van der Waals surface area contributed by atoms with Crippen LogP contribution in [0, 0.1) is 0 Å². The van der Waals surface area contributed by atoms with E-state index in [2.05, 4.69) is 32.1 Å². The van der Waals surface area contributed by atoms with Crippen molar-refractivity contribution in [3.05, 3.63) is 10.5 Å². The van der Waals surface area contributed by atoms with Gasteiger partial charge in [-0.2, -0.15) is 9.97 Å². The number of nitrogen functional groups attached to an aromatic ring is 1. The molecule has 0 unspecified atom stereocenters. The van der Waals surface area contributed by atoms with E-state index in [0.29, 0.717) is 24.3 Å². The SMILES string of the molecule is CCCCOc1nc(N)c2[nH]c(=O)n(CCCNCCCN3CCCCC3)c2n1. The van der Waals surface area contributed by atoms with E-state index in [1.165, 1.54) is 38.9 Å². The zero-order valence-electron chi connectivity index (χ0n) is 17.6. The van der Waals surface area contributed by atoms with Gasteiger partial charge in [-0.3, -0.25) is 4.57 Å². The molecule has 1 saturated heterocycles. The minimum absolute atomic E-state index is 0.211. The zero-order valence-corrected chi connectivity index (χ0v) is 17.6. The maximum Gasteiger partial charge on any atom is 0.327 e. The Balaban J connectivity index is 1.46. The number of H-pyrrole nitrogens is 1. The molecule has 1 fully saturated rings. The van der Waals surface area contributed by atoms with Crippen molar-refractivity contribution in [2.45, 2.75) is 58.4 Å². The number of aryl methyl sites for hydroxylation is 1. The van der Waals surface area contributed by atoms with E-state index < -0.39 is 0 Å². The average Bonchev–Trinajstić information content (AvgIpc) is 3.04. The lowest BCUT2D eigenvalue weighted by atomic mass is 10.1. The number of aromatic amines is 1. The molecule has 3 heterocycles. The molecular weight excluding hydrogens is 370 g/mol. The van der Waals surface area contributed by atoms with Gasteiger partial charge >= 0.3 is 11.7 Å². The third kappa shape index (κ3) is 6.17. The van der Waals surface area contributed by atoms with E-state index in [4.69, 9.17) is 10.5 Å². The molecule has 0 aromatic carbocycles. The maximum atomic E-state index is 12.3. The van der Waals surface area contributed by atoms with Gasteiger partial charge in [-0.15, -0.1) is 0 Å². The summed E-state index contributed by atoms with van der Waals surface area (Å²) in [5.74, 6) is 0.244. The Bertz CT molecular complexity index is 811. The Hall–Kier alpha value is -2.13. The highest BCUT2D eigenvalue weighted by Gasteiger charge is 2.14.